The maximum absolute atomic E-state index is 9.75. The van der Waals surface area contributed by atoms with Crippen LogP contribution in [0.3, 0.4) is 0 Å². The summed E-state index contributed by atoms with van der Waals surface area (Å²) in [5.74, 6) is 0. The molecule has 209 valence electrons. The van der Waals surface area contributed by atoms with Gasteiger partial charge in [0.25, 0.3) is 0 Å². The van der Waals surface area contributed by atoms with Crippen molar-refractivity contribution in [2.75, 3.05) is 6.16 Å². The Balaban J connectivity index is 0.000000680. The van der Waals surface area contributed by atoms with Gasteiger partial charge < -0.3 is 17.3 Å². The Hall–Kier alpha value is 0.748. The predicted octanol–water partition coefficient (Wildman–Crippen LogP) is 10.5. The molecule has 0 amide bonds. The van der Waals surface area contributed by atoms with E-state index in [0.29, 0.717) is 0 Å². The number of hydrogen-bond acceptors (Lipinski definition) is 0. The molecular weight excluding hydrogens is 576 g/mol. The second-order valence-corrected chi connectivity index (χ2v) is 17.2. The summed E-state index contributed by atoms with van der Waals surface area (Å²) < 4.78 is 39.0. The third kappa shape index (κ3) is 14.5. The van der Waals surface area contributed by atoms with E-state index in [2.05, 4.69) is 58.9 Å². The molecule has 1 unspecified atom stereocenters. The summed E-state index contributed by atoms with van der Waals surface area (Å²) >= 11 is 0. The minimum absolute atomic E-state index is 0. The minimum atomic E-state index is -6.00. The van der Waals surface area contributed by atoms with E-state index < -0.39 is 7.25 Å². The summed E-state index contributed by atoms with van der Waals surface area (Å²) in [5, 5.41) is 0. The van der Waals surface area contributed by atoms with Crippen molar-refractivity contribution in [1.82, 2.24) is 0 Å². The summed E-state index contributed by atoms with van der Waals surface area (Å²) in [6.45, 7) is 12.5. The zero-order valence-electron chi connectivity index (χ0n) is 22.8. The van der Waals surface area contributed by atoms with E-state index in [4.69, 9.17) is 0 Å². The molecule has 0 spiro atoms. The topological polar surface area (TPSA) is 0 Å². The Bertz CT molecular complexity index is 532. The molecule has 1 aliphatic carbocycles. The average Bonchev–Trinajstić information content (AvgIpc) is 3.35. The van der Waals surface area contributed by atoms with Crippen LogP contribution in [0.1, 0.15) is 112 Å². The number of hydrogen-bond donors (Lipinski definition) is 0. The first kappa shape index (κ1) is 35.7. The van der Waals surface area contributed by atoms with E-state index in [1.807, 2.05) is 0 Å². The molecule has 2 fully saturated rings. The minimum Gasteiger partial charge on any atom is -0.418 e. The van der Waals surface area contributed by atoms with Crippen molar-refractivity contribution < 1.29 is 36.7 Å². The molecule has 3 aliphatic rings. The molecule has 2 saturated heterocycles. The largest absolute Gasteiger partial charge is 0.673 e. The molecule has 0 aromatic carbocycles. The molecule has 1 radical (unpaired) electrons. The fraction of sp³-hybridized carbons (Fsp3) is 0.852. The van der Waals surface area contributed by atoms with E-state index in [0.717, 1.165) is 28.3 Å². The summed E-state index contributed by atoms with van der Waals surface area (Å²) in [7, 11) is -6.16. The first-order chi connectivity index (χ1) is 16.2. The second kappa shape index (κ2) is 19.8. The van der Waals surface area contributed by atoms with Crippen molar-refractivity contribution in [3.05, 3.63) is 24.3 Å². The van der Waals surface area contributed by atoms with Gasteiger partial charge in [-0.3, -0.25) is 0 Å². The SMILES string of the molecule is C1=CCCC=CCC1.CC[C@H]1CC[C@H](CC)[PH+]1CC(C)[PH+]1[C@@H](CC)CC[C@@H]1CC.F[B-](F)(F)F.[Rh]. The molecule has 0 aromatic heterocycles. The van der Waals surface area contributed by atoms with Gasteiger partial charge in [0, 0.05) is 35.3 Å². The van der Waals surface area contributed by atoms with E-state index in [9.17, 15) is 17.3 Å². The van der Waals surface area contributed by atoms with Gasteiger partial charge in [-0.1, -0.05) is 52.0 Å². The normalized spacial score (nSPS) is 28.1. The van der Waals surface area contributed by atoms with E-state index in [-0.39, 0.29) is 35.3 Å². The summed E-state index contributed by atoms with van der Waals surface area (Å²) in [5.41, 5.74) is 5.74. The number of halogens is 4. The fourth-order valence-corrected chi connectivity index (χ4v) is 16.5. The van der Waals surface area contributed by atoms with Gasteiger partial charge in [0.15, 0.2) is 0 Å². The van der Waals surface area contributed by atoms with Gasteiger partial charge in [0.05, 0.1) is 34.5 Å². The molecule has 3 rings (SSSR count). The van der Waals surface area contributed by atoms with Crippen LogP contribution in [0.2, 0.25) is 0 Å². The van der Waals surface area contributed by atoms with Crippen molar-refractivity contribution in [3.8, 4) is 0 Å². The Labute approximate surface area is 229 Å². The molecule has 0 nitrogen and oxygen atoms in total. The van der Waals surface area contributed by atoms with Crippen molar-refractivity contribution in [2.45, 2.75) is 140 Å². The van der Waals surface area contributed by atoms with Crippen LogP contribution >= 0.6 is 15.8 Å². The molecular formula is C27H52BF4P2Rh+. The first-order valence-electron chi connectivity index (χ1n) is 14.0. The third-order valence-corrected chi connectivity index (χ3v) is 17.7. The van der Waals surface area contributed by atoms with Crippen LogP contribution in [0.15, 0.2) is 24.3 Å². The molecule has 8 heteroatoms. The van der Waals surface area contributed by atoms with E-state index in [1.54, 1.807) is 31.8 Å². The molecule has 0 bridgehead atoms. The van der Waals surface area contributed by atoms with E-state index >= 15 is 0 Å². The Morgan fingerprint density at radius 1 is 0.657 bits per heavy atom. The number of allylic oxidation sites excluding steroid dienone is 4. The molecule has 2 aliphatic heterocycles. The van der Waals surface area contributed by atoms with Gasteiger partial charge in [-0.05, 0) is 84.0 Å². The van der Waals surface area contributed by atoms with Crippen LogP contribution in [0.5, 0.6) is 0 Å². The summed E-state index contributed by atoms with van der Waals surface area (Å²) in [6.07, 6.45) is 27.9. The zero-order valence-corrected chi connectivity index (χ0v) is 26.4. The summed E-state index contributed by atoms with van der Waals surface area (Å²) in [6, 6.07) is 0. The van der Waals surface area contributed by atoms with Gasteiger partial charge in [-0.15, -0.1) is 0 Å². The van der Waals surface area contributed by atoms with Crippen molar-refractivity contribution in [3.63, 3.8) is 0 Å². The molecule has 35 heavy (non-hydrogen) atoms. The smallest absolute Gasteiger partial charge is 0.418 e. The third-order valence-electron chi connectivity index (χ3n) is 8.13. The predicted molar refractivity (Wildman–Crippen MR) is 153 cm³/mol. The van der Waals surface area contributed by atoms with Crippen molar-refractivity contribution >= 4 is 23.1 Å². The standard InChI is InChI=1S/C19H38P2.C8H12.BF4.Rh/c1-6-16-10-11-17(7-2)20(16)14-15(5)21-18(8-3)12-13-19(21)9-4;1-2-4-6-8-7-5-3-1;2-1(3,4)5;/h15-19H,6-14H2,1-5H3;1-2,7-8H,3-6H2;;/q;;-1;/p+2/t15?,16-,17-,18-,19-;;;/m0.../s1. The van der Waals surface area contributed by atoms with Gasteiger partial charge >= 0.3 is 7.25 Å². The Morgan fingerprint density at radius 3 is 1.23 bits per heavy atom. The van der Waals surface area contributed by atoms with Crippen molar-refractivity contribution in [2.24, 2.45) is 0 Å². The van der Waals surface area contributed by atoms with Crippen LogP contribution in [-0.4, -0.2) is 41.7 Å². The molecule has 0 saturated carbocycles. The maximum Gasteiger partial charge on any atom is 0.673 e. The molecule has 0 N–H and O–H groups in total. The van der Waals surface area contributed by atoms with Crippen LogP contribution in [0.4, 0.5) is 17.3 Å². The van der Waals surface area contributed by atoms with Crippen LogP contribution < -0.4 is 0 Å². The van der Waals surface area contributed by atoms with E-state index in [1.165, 1.54) is 51.4 Å². The molecule has 5 atom stereocenters. The fourth-order valence-electron chi connectivity index (χ4n) is 6.45. The van der Waals surface area contributed by atoms with Crippen LogP contribution in [0, 0.1) is 0 Å². The second-order valence-electron chi connectivity index (χ2n) is 10.3. The zero-order chi connectivity index (χ0) is 25.6. The quantitative estimate of drug-likeness (QED) is 0.114. The van der Waals surface area contributed by atoms with Gasteiger partial charge in [-0.2, -0.15) is 0 Å². The Kier molecular flexibility index (Phi) is 20.2. The number of rotatable bonds is 7. The molecule has 0 aromatic rings. The Morgan fingerprint density at radius 2 is 0.943 bits per heavy atom. The van der Waals surface area contributed by atoms with Crippen LogP contribution in [0.25, 0.3) is 0 Å². The maximum atomic E-state index is 9.75. The monoisotopic (exact) mass is 628 g/mol. The first-order valence-corrected chi connectivity index (χ1v) is 17.6. The summed E-state index contributed by atoms with van der Waals surface area (Å²) in [4.78, 5) is 0. The van der Waals surface area contributed by atoms with Gasteiger partial charge in [0.1, 0.15) is 0 Å². The van der Waals surface area contributed by atoms with Crippen molar-refractivity contribution in [1.29, 1.82) is 0 Å². The van der Waals surface area contributed by atoms with Crippen LogP contribution in [-0.2, 0) is 19.5 Å². The molecule has 2 heterocycles. The van der Waals surface area contributed by atoms with Gasteiger partial charge in [-0.25, -0.2) is 0 Å². The average molecular weight is 628 g/mol. The van der Waals surface area contributed by atoms with Gasteiger partial charge in [0.2, 0.25) is 0 Å².